The van der Waals surface area contributed by atoms with Gasteiger partial charge < -0.3 is 10.3 Å². The monoisotopic (exact) mass is 363 g/mol. The first-order chi connectivity index (χ1) is 9.65. The molecule has 0 saturated carbocycles. The summed E-state index contributed by atoms with van der Waals surface area (Å²) in [6, 6.07) is 15.7. The largest absolute Gasteiger partial charge is 0.332 e. The van der Waals surface area contributed by atoms with Crippen molar-refractivity contribution in [3.05, 3.63) is 57.8 Å². The van der Waals surface area contributed by atoms with Gasteiger partial charge in [0.25, 0.3) is 0 Å². The number of aromatic nitrogens is 2. The molecule has 3 nitrogen and oxygen atoms in total. The van der Waals surface area contributed by atoms with Gasteiger partial charge in [-0.15, -0.1) is 0 Å². The maximum Gasteiger partial charge on any atom is 0.184 e. The molecule has 2 N–H and O–H groups in total. The fourth-order valence-electron chi connectivity index (χ4n) is 1.97. The fraction of sp³-hybridized carbons (Fsp3) is 0. The highest BCUT2D eigenvalue weighted by Gasteiger charge is 2.08. The lowest BCUT2D eigenvalue weighted by molar-refractivity contribution is 1.15. The summed E-state index contributed by atoms with van der Waals surface area (Å²) in [5.74, 6) is 0. The predicted octanol–water partition coefficient (Wildman–Crippen LogP) is 4.71. The highest BCUT2D eigenvalue weighted by atomic mass is 79.9. The Labute approximate surface area is 134 Å². The summed E-state index contributed by atoms with van der Waals surface area (Å²) in [5, 5.41) is 3.74. The summed E-state index contributed by atoms with van der Waals surface area (Å²) in [6.07, 6.45) is 0. The van der Waals surface area contributed by atoms with E-state index in [-0.39, 0.29) is 0 Å². The zero-order chi connectivity index (χ0) is 14.1. The zero-order valence-electron chi connectivity index (χ0n) is 10.3. The van der Waals surface area contributed by atoms with Gasteiger partial charge in [0.1, 0.15) is 0 Å². The molecule has 0 radical (unpaired) electrons. The van der Waals surface area contributed by atoms with Crippen molar-refractivity contribution in [1.29, 1.82) is 0 Å². The Hall–Kier alpha value is -1.50. The molecule has 0 amide bonds. The van der Waals surface area contributed by atoms with Gasteiger partial charge in [0.15, 0.2) is 9.88 Å². The van der Waals surface area contributed by atoms with Crippen LogP contribution in [0.15, 0.2) is 53.0 Å². The SMILES string of the molecule is S=C(Nc1ccc(Br)cc1)n1c(=S)[nH]c2ccccc21. The second-order valence-corrected chi connectivity index (χ2v) is 5.91. The number of hydrogen-bond donors (Lipinski definition) is 2. The number of aromatic amines is 1. The first-order valence-corrected chi connectivity index (χ1v) is 7.53. The van der Waals surface area contributed by atoms with Gasteiger partial charge in [-0.1, -0.05) is 28.1 Å². The van der Waals surface area contributed by atoms with Crippen molar-refractivity contribution >= 4 is 62.2 Å². The molecule has 3 aromatic rings. The zero-order valence-corrected chi connectivity index (χ0v) is 13.5. The van der Waals surface area contributed by atoms with Crippen LogP contribution in [-0.2, 0) is 0 Å². The highest BCUT2D eigenvalue weighted by Crippen LogP contribution is 2.17. The predicted molar refractivity (Wildman–Crippen MR) is 92.9 cm³/mol. The minimum atomic E-state index is 0.551. The first kappa shape index (κ1) is 13.5. The van der Waals surface area contributed by atoms with E-state index in [2.05, 4.69) is 26.2 Å². The number of nitrogens with zero attached hydrogens (tertiary/aromatic N) is 1. The van der Waals surface area contributed by atoms with E-state index in [1.54, 1.807) is 0 Å². The van der Waals surface area contributed by atoms with Gasteiger partial charge in [0, 0.05) is 10.2 Å². The minimum absolute atomic E-state index is 0.551. The standard InChI is InChI=1S/C14H10BrN3S2/c15-9-5-7-10(8-6-9)16-13(19)18-12-4-2-1-3-11(12)17-14(18)20/h1-8H,(H,16,19)(H,17,20). The third-order valence-electron chi connectivity index (χ3n) is 2.89. The molecule has 1 aromatic heterocycles. The Morgan fingerprint density at radius 2 is 1.80 bits per heavy atom. The number of H-pyrrole nitrogens is 1. The summed E-state index contributed by atoms with van der Waals surface area (Å²) in [7, 11) is 0. The maximum atomic E-state index is 5.46. The molecular weight excluding hydrogens is 354 g/mol. The van der Waals surface area contributed by atoms with E-state index in [0.29, 0.717) is 9.88 Å². The number of thiocarbonyl (C=S) groups is 1. The maximum absolute atomic E-state index is 5.46. The summed E-state index contributed by atoms with van der Waals surface area (Å²) in [6.45, 7) is 0. The van der Waals surface area contributed by atoms with Crippen molar-refractivity contribution in [3.8, 4) is 0 Å². The minimum Gasteiger partial charge on any atom is -0.332 e. The van der Waals surface area contributed by atoms with Crippen LogP contribution in [0.5, 0.6) is 0 Å². The average molecular weight is 364 g/mol. The van der Waals surface area contributed by atoms with Crippen molar-refractivity contribution in [1.82, 2.24) is 9.55 Å². The number of anilines is 1. The fourth-order valence-corrected chi connectivity index (χ4v) is 2.90. The molecule has 1 heterocycles. The normalized spacial score (nSPS) is 10.7. The molecule has 0 saturated heterocycles. The van der Waals surface area contributed by atoms with Gasteiger partial charge in [-0.05, 0) is 60.8 Å². The molecule has 0 spiro atoms. The molecule has 2 aromatic carbocycles. The topological polar surface area (TPSA) is 32.8 Å². The second-order valence-electron chi connectivity index (χ2n) is 4.22. The van der Waals surface area contributed by atoms with Crippen LogP contribution in [0.25, 0.3) is 11.0 Å². The van der Waals surface area contributed by atoms with Crippen molar-refractivity contribution in [2.24, 2.45) is 0 Å². The lowest BCUT2D eigenvalue weighted by Gasteiger charge is -2.09. The number of benzene rings is 2. The second kappa shape index (κ2) is 5.47. The smallest absolute Gasteiger partial charge is 0.184 e. The summed E-state index contributed by atoms with van der Waals surface area (Å²) >= 11 is 14.2. The van der Waals surface area contributed by atoms with E-state index in [1.165, 1.54) is 0 Å². The van der Waals surface area contributed by atoms with Gasteiger partial charge in [0.2, 0.25) is 0 Å². The molecule has 0 unspecified atom stereocenters. The lowest BCUT2D eigenvalue weighted by atomic mass is 10.3. The number of hydrogen-bond acceptors (Lipinski definition) is 2. The Morgan fingerprint density at radius 1 is 1.10 bits per heavy atom. The Morgan fingerprint density at radius 3 is 2.55 bits per heavy atom. The summed E-state index contributed by atoms with van der Waals surface area (Å²) < 4.78 is 3.43. The van der Waals surface area contributed by atoms with E-state index in [9.17, 15) is 0 Å². The van der Waals surface area contributed by atoms with Crippen LogP contribution in [-0.4, -0.2) is 14.7 Å². The quantitative estimate of drug-likeness (QED) is 0.614. The van der Waals surface area contributed by atoms with Crippen LogP contribution in [0, 0.1) is 4.77 Å². The van der Waals surface area contributed by atoms with Crippen molar-refractivity contribution in [2.45, 2.75) is 0 Å². The van der Waals surface area contributed by atoms with Gasteiger partial charge >= 0.3 is 0 Å². The van der Waals surface area contributed by atoms with Crippen molar-refractivity contribution in [3.63, 3.8) is 0 Å². The lowest BCUT2D eigenvalue weighted by Crippen LogP contribution is -2.18. The van der Waals surface area contributed by atoms with Crippen LogP contribution in [0.4, 0.5) is 5.69 Å². The number of rotatable bonds is 1. The van der Waals surface area contributed by atoms with Crippen LogP contribution in [0.1, 0.15) is 0 Å². The molecule has 0 atom stereocenters. The van der Waals surface area contributed by atoms with E-state index in [4.69, 9.17) is 24.4 Å². The average Bonchev–Trinajstić information content (AvgIpc) is 2.77. The van der Waals surface area contributed by atoms with Crippen LogP contribution in [0.2, 0.25) is 0 Å². The molecular formula is C14H10BrN3S2. The van der Waals surface area contributed by atoms with Gasteiger partial charge in [0.05, 0.1) is 11.0 Å². The van der Waals surface area contributed by atoms with Crippen molar-refractivity contribution in [2.75, 3.05) is 5.32 Å². The highest BCUT2D eigenvalue weighted by molar-refractivity contribution is 9.10. The molecule has 0 fully saturated rings. The summed E-state index contributed by atoms with van der Waals surface area (Å²) in [5.41, 5.74) is 2.86. The number of nitrogens with one attached hydrogen (secondary N) is 2. The van der Waals surface area contributed by atoms with E-state index in [0.717, 1.165) is 21.2 Å². The third kappa shape index (κ3) is 2.54. The van der Waals surface area contributed by atoms with Gasteiger partial charge in [-0.2, -0.15) is 0 Å². The number of fused-ring (bicyclic) bond motifs is 1. The van der Waals surface area contributed by atoms with Crippen LogP contribution >= 0.6 is 40.4 Å². The molecule has 6 heteroatoms. The Balaban J connectivity index is 1.98. The molecule has 100 valence electrons. The molecule has 3 rings (SSSR count). The Bertz CT molecular complexity index is 833. The third-order valence-corrected chi connectivity index (χ3v) is 3.99. The van der Waals surface area contributed by atoms with Gasteiger partial charge in [-0.25, -0.2) is 0 Å². The number of para-hydroxylation sites is 2. The Kier molecular flexibility index (Phi) is 3.69. The number of halogens is 1. The van der Waals surface area contributed by atoms with E-state index < -0.39 is 0 Å². The van der Waals surface area contributed by atoms with Crippen LogP contribution < -0.4 is 5.32 Å². The number of imidazole rings is 1. The molecule has 0 bridgehead atoms. The summed E-state index contributed by atoms with van der Waals surface area (Å²) in [4.78, 5) is 3.15. The van der Waals surface area contributed by atoms with Crippen molar-refractivity contribution < 1.29 is 0 Å². The first-order valence-electron chi connectivity index (χ1n) is 5.92. The van der Waals surface area contributed by atoms with Gasteiger partial charge in [-0.3, -0.25) is 4.57 Å². The molecule has 20 heavy (non-hydrogen) atoms. The molecule has 0 aliphatic rings. The van der Waals surface area contributed by atoms with E-state index >= 15 is 0 Å². The molecule has 0 aliphatic heterocycles. The van der Waals surface area contributed by atoms with Crippen LogP contribution in [0.3, 0.4) is 0 Å². The van der Waals surface area contributed by atoms with E-state index in [1.807, 2.05) is 53.1 Å². The molecule has 0 aliphatic carbocycles.